The first-order valence-corrected chi connectivity index (χ1v) is 6.76. The van der Waals surface area contributed by atoms with Gasteiger partial charge in [0, 0.05) is 19.8 Å². The van der Waals surface area contributed by atoms with Crippen molar-refractivity contribution in [3.8, 4) is 5.75 Å². The number of carboxylic acids is 1. The third kappa shape index (κ3) is 4.34. The highest BCUT2D eigenvalue weighted by atomic mass is 16.5. The molecule has 2 rings (SSSR count). The molecule has 0 unspecified atom stereocenters. The molecule has 7 nitrogen and oxygen atoms in total. The lowest BCUT2D eigenvalue weighted by molar-refractivity contribution is -0.139. The largest absolute Gasteiger partial charge is 0.482 e. The highest BCUT2D eigenvalue weighted by Gasteiger charge is 2.08. The van der Waals surface area contributed by atoms with Crippen molar-refractivity contribution in [1.29, 1.82) is 0 Å². The van der Waals surface area contributed by atoms with Gasteiger partial charge in [0.2, 0.25) is 0 Å². The summed E-state index contributed by atoms with van der Waals surface area (Å²) < 4.78 is 6.57. The molecule has 0 bridgehead atoms. The number of aromatic nitrogens is 2. The molecular formula is C15H17N3O4. The Labute approximate surface area is 127 Å². The van der Waals surface area contributed by atoms with E-state index >= 15 is 0 Å². The van der Waals surface area contributed by atoms with Gasteiger partial charge in [0.25, 0.3) is 5.91 Å². The molecule has 0 saturated carbocycles. The molecule has 0 aliphatic carbocycles. The molecule has 7 heteroatoms. The summed E-state index contributed by atoms with van der Waals surface area (Å²) in [7, 11) is 1.71. The number of carboxylic acid groups (broad SMARTS) is 1. The monoisotopic (exact) mass is 303 g/mol. The van der Waals surface area contributed by atoms with E-state index in [1.54, 1.807) is 31.4 Å². The van der Waals surface area contributed by atoms with E-state index in [9.17, 15) is 9.59 Å². The zero-order valence-electron chi connectivity index (χ0n) is 12.2. The standard InChI is InChI=1S/C15H17N3O4/c1-18-13(7-9-17-18)15(21)16-8-6-11-2-4-12(5-3-11)22-10-14(19)20/h2-5,7,9H,6,8,10H2,1H3,(H,16,21)(H,19,20). The highest BCUT2D eigenvalue weighted by Crippen LogP contribution is 2.12. The van der Waals surface area contributed by atoms with Crippen molar-refractivity contribution >= 4 is 11.9 Å². The third-order valence-electron chi connectivity index (χ3n) is 3.04. The number of nitrogens with one attached hydrogen (secondary N) is 1. The van der Waals surface area contributed by atoms with Crippen molar-refractivity contribution in [3.63, 3.8) is 0 Å². The van der Waals surface area contributed by atoms with Crippen LogP contribution in [-0.2, 0) is 18.3 Å². The predicted molar refractivity (Wildman–Crippen MR) is 78.8 cm³/mol. The molecule has 1 amide bonds. The van der Waals surface area contributed by atoms with Crippen LogP contribution in [0, 0.1) is 0 Å². The average molecular weight is 303 g/mol. The van der Waals surface area contributed by atoms with Crippen molar-refractivity contribution in [2.24, 2.45) is 7.05 Å². The Hall–Kier alpha value is -2.83. The van der Waals surface area contributed by atoms with Crippen molar-refractivity contribution in [2.45, 2.75) is 6.42 Å². The molecular weight excluding hydrogens is 286 g/mol. The number of aryl methyl sites for hydroxylation is 1. The molecule has 0 fully saturated rings. The Bertz CT molecular complexity index is 649. The lowest BCUT2D eigenvalue weighted by Crippen LogP contribution is -2.27. The van der Waals surface area contributed by atoms with Crippen molar-refractivity contribution in [3.05, 3.63) is 47.8 Å². The van der Waals surface area contributed by atoms with Gasteiger partial charge >= 0.3 is 5.97 Å². The molecule has 22 heavy (non-hydrogen) atoms. The molecule has 1 aromatic heterocycles. The van der Waals surface area contributed by atoms with E-state index in [4.69, 9.17) is 9.84 Å². The summed E-state index contributed by atoms with van der Waals surface area (Å²) in [5, 5.41) is 15.3. The van der Waals surface area contributed by atoms with E-state index in [1.165, 1.54) is 4.68 Å². The number of ether oxygens (including phenoxy) is 1. The van der Waals surface area contributed by atoms with E-state index in [2.05, 4.69) is 10.4 Å². The van der Waals surface area contributed by atoms with Crippen LogP contribution < -0.4 is 10.1 Å². The minimum absolute atomic E-state index is 0.165. The number of amides is 1. The molecule has 2 N–H and O–H groups in total. The van der Waals surface area contributed by atoms with E-state index in [0.29, 0.717) is 24.4 Å². The Balaban J connectivity index is 1.78. The summed E-state index contributed by atoms with van der Waals surface area (Å²) in [6, 6.07) is 8.76. The number of carbonyl (C=O) groups is 2. The number of carbonyl (C=O) groups excluding carboxylic acids is 1. The first kappa shape index (κ1) is 15.6. The Morgan fingerprint density at radius 3 is 2.59 bits per heavy atom. The molecule has 0 aliphatic heterocycles. The Morgan fingerprint density at radius 2 is 2.00 bits per heavy atom. The van der Waals surface area contributed by atoms with Gasteiger partial charge in [-0.3, -0.25) is 9.48 Å². The van der Waals surface area contributed by atoms with Gasteiger partial charge in [-0.15, -0.1) is 0 Å². The second-order valence-corrected chi connectivity index (χ2v) is 4.67. The lowest BCUT2D eigenvalue weighted by atomic mass is 10.1. The van der Waals surface area contributed by atoms with Crippen LogP contribution in [0.25, 0.3) is 0 Å². The van der Waals surface area contributed by atoms with Gasteiger partial charge in [-0.25, -0.2) is 4.79 Å². The number of benzene rings is 1. The van der Waals surface area contributed by atoms with Gasteiger partial charge in [0.1, 0.15) is 11.4 Å². The number of rotatable bonds is 7. The van der Waals surface area contributed by atoms with Crippen molar-refractivity contribution in [2.75, 3.05) is 13.2 Å². The summed E-state index contributed by atoms with van der Waals surface area (Å²) in [4.78, 5) is 22.3. The number of aliphatic carboxylic acids is 1. The maximum Gasteiger partial charge on any atom is 0.341 e. The molecule has 2 aromatic rings. The summed E-state index contributed by atoms with van der Waals surface area (Å²) in [6.45, 7) is 0.138. The summed E-state index contributed by atoms with van der Waals surface area (Å²) in [5.41, 5.74) is 1.53. The van der Waals surface area contributed by atoms with Crippen LogP contribution in [0.2, 0.25) is 0 Å². The Morgan fingerprint density at radius 1 is 1.27 bits per heavy atom. The predicted octanol–water partition coefficient (Wildman–Crippen LogP) is 0.856. The normalized spacial score (nSPS) is 10.2. The van der Waals surface area contributed by atoms with Crippen LogP contribution in [0.4, 0.5) is 0 Å². The third-order valence-corrected chi connectivity index (χ3v) is 3.04. The van der Waals surface area contributed by atoms with Gasteiger partial charge in [0.05, 0.1) is 0 Å². The fraction of sp³-hybridized carbons (Fsp3) is 0.267. The molecule has 0 radical (unpaired) electrons. The topological polar surface area (TPSA) is 93.5 Å². The van der Waals surface area contributed by atoms with Gasteiger partial charge in [-0.2, -0.15) is 5.10 Å². The minimum atomic E-state index is -1.01. The van der Waals surface area contributed by atoms with E-state index < -0.39 is 5.97 Å². The smallest absolute Gasteiger partial charge is 0.341 e. The summed E-state index contributed by atoms with van der Waals surface area (Å²) >= 11 is 0. The number of nitrogens with zero attached hydrogens (tertiary/aromatic N) is 2. The molecule has 0 saturated heterocycles. The van der Waals surface area contributed by atoms with Gasteiger partial charge in [-0.1, -0.05) is 12.1 Å². The molecule has 0 atom stereocenters. The molecule has 0 aliphatic rings. The Kier molecular flexibility index (Phi) is 5.13. The first-order valence-electron chi connectivity index (χ1n) is 6.76. The summed E-state index contributed by atoms with van der Waals surface area (Å²) in [5.74, 6) is -0.673. The van der Waals surface area contributed by atoms with Crippen LogP contribution in [0.15, 0.2) is 36.5 Å². The second kappa shape index (κ2) is 7.26. The zero-order chi connectivity index (χ0) is 15.9. The number of hydrogen-bond donors (Lipinski definition) is 2. The molecule has 1 aromatic carbocycles. The van der Waals surface area contributed by atoms with Crippen molar-refractivity contribution in [1.82, 2.24) is 15.1 Å². The fourth-order valence-electron chi connectivity index (χ4n) is 1.90. The van der Waals surface area contributed by atoms with Crippen LogP contribution in [0.3, 0.4) is 0 Å². The second-order valence-electron chi connectivity index (χ2n) is 4.67. The van der Waals surface area contributed by atoms with Crippen LogP contribution in [0.1, 0.15) is 16.1 Å². The quantitative estimate of drug-likeness (QED) is 0.791. The lowest BCUT2D eigenvalue weighted by Gasteiger charge is -2.07. The molecule has 0 spiro atoms. The molecule has 116 valence electrons. The number of hydrogen-bond acceptors (Lipinski definition) is 4. The SMILES string of the molecule is Cn1nccc1C(=O)NCCc1ccc(OCC(=O)O)cc1. The van der Waals surface area contributed by atoms with Crippen LogP contribution >= 0.6 is 0 Å². The highest BCUT2D eigenvalue weighted by molar-refractivity contribution is 5.92. The fourth-order valence-corrected chi connectivity index (χ4v) is 1.90. The maximum atomic E-state index is 11.9. The minimum Gasteiger partial charge on any atom is -0.482 e. The average Bonchev–Trinajstić information content (AvgIpc) is 2.92. The van der Waals surface area contributed by atoms with Crippen LogP contribution in [-0.4, -0.2) is 39.9 Å². The van der Waals surface area contributed by atoms with Crippen molar-refractivity contribution < 1.29 is 19.4 Å². The van der Waals surface area contributed by atoms with E-state index in [-0.39, 0.29) is 12.5 Å². The van der Waals surface area contributed by atoms with E-state index in [1.807, 2.05) is 12.1 Å². The van der Waals surface area contributed by atoms with E-state index in [0.717, 1.165) is 5.56 Å². The van der Waals surface area contributed by atoms with Crippen LogP contribution in [0.5, 0.6) is 5.75 Å². The zero-order valence-corrected chi connectivity index (χ0v) is 12.2. The first-order chi connectivity index (χ1) is 10.6. The van der Waals surface area contributed by atoms with Gasteiger partial charge < -0.3 is 15.2 Å². The maximum absolute atomic E-state index is 11.9. The van der Waals surface area contributed by atoms with Gasteiger partial charge in [0.15, 0.2) is 6.61 Å². The summed E-state index contributed by atoms with van der Waals surface area (Å²) in [6.07, 6.45) is 2.24. The molecule has 1 heterocycles. The van der Waals surface area contributed by atoms with Gasteiger partial charge in [-0.05, 0) is 30.2 Å².